The van der Waals surface area contributed by atoms with Gasteiger partial charge in [-0.3, -0.25) is 4.79 Å². The van der Waals surface area contributed by atoms with E-state index < -0.39 is 5.60 Å². The van der Waals surface area contributed by atoms with E-state index in [4.69, 9.17) is 4.74 Å². The summed E-state index contributed by atoms with van der Waals surface area (Å²) in [5.41, 5.74) is 0.137. The van der Waals surface area contributed by atoms with E-state index in [2.05, 4.69) is 15.2 Å². The van der Waals surface area contributed by atoms with E-state index in [9.17, 15) is 9.59 Å². The highest BCUT2D eigenvalue weighted by Gasteiger charge is 2.28. The highest BCUT2D eigenvalue weighted by atomic mass is 16.6. The van der Waals surface area contributed by atoms with E-state index >= 15 is 0 Å². The smallest absolute Gasteiger partial charge is 0.410 e. The maximum absolute atomic E-state index is 12.9. The van der Waals surface area contributed by atoms with Gasteiger partial charge in [0.1, 0.15) is 11.4 Å². The van der Waals surface area contributed by atoms with Crippen LogP contribution in [0.25, 0.3) is 0 Å². The van der Waals surface area contributed by atoms with E-state index in [-0.39, 0.29) is 17.9 Å². The first-order valence-electron chi connectivity index (χ1n) is 10.8. The molecule has 1 unspecified atom stereocenters. The van der Waals surface area contributed by atoms with Crippen molar-refractivity contribution in [3.8, 4) is 0 Å². The van der Waals surface area contributed by atoms with Gasteiger partial charge in [0, 0.05) is 38.9 Å². The number of amides is 2. The standard InChI is InChI=1S/C22H34N4O3/c1-22(2,3)29-21(28)26-14-8-9-17(16-26)15-24-20(27)18-10-7-11-23-19(18)25-12-5-4-6-13-25/h7,10-11,17H,4-6,8-9,12-16H2,1-3H3,(H,24,27). The fraction of sp³-hybridized carbons (Fsp3) is 0.682. The lowest BCUT2D eigenvalue weighted by Gasteiger charge is -2.34. The summed E-state index contributed by atoms with van der Waals surface area (Å²) in [7, 11) is 0. The third-order valence-corrected chi connectivity index (χ3v) is 5.41. The molecule has 2 amide bonds. The quantitative estimate of drug-likeness (QED) is 0.835. The van der Waals surface area contributed by atoms with E-state index in [0.717, 1.165) is 44.6 Å². The van der Waals surface area contributed by atoms with Gasteiger partial charge in [0.15, 0.2) is 0 Å². The summed E-state index contributed by atoms with van der Waals surface area (Å²) in [6, 6.07) is 3.66. The SMILES string of the molecule is CC(C)(C)OC(=O)N1CCCC(CNC(=O)c2cccnc2N2CCCCC2)C1. The molecule has 1 atom stereocenters. The lowest BCUT2D eigenvalue weighted by molar-refractivity contribution is 0.0167. The van der Waals surface area contributed by atoms with Gasteiger partial charge < -0.3 is 19.9 Å². The zero-order chi connectivity index (χ0) is 20.9. The van der Waals surface area contributed by atoms with Crippen molar-refractivity contribution < 1.29 is 14.3 Å². The minimum atomic E-state index is -0.497. The Bertz CT molecular complexity index is 710. The fourth-order valence-electron chi connectivity index (χ4n) is 3.99. The third kappa shape index (κ3) is 6.08. The molecule has 2 aliphatic rings. The van der Waals surface area contributed by atoms with Crippen molar-refractivity contribution in [2.75, 3.05) is 37.6 Å². The van der Waals surface area contributed by atoms with Gasteiger partial charge >= 0.3 is 6.09 Å². The molecule has 1 aromatic heterocycles. The van der Waals surface area contributed by atoms with Crippen molar-refractivity contribution in [3.05, 3.63) is 23.9 Å². The van der Waals surface area contributed by atoms with Crippen LogP contribution >= 0.6 is 0 Å². The summed E-state index contributed by atoms with van der Waals surface area (Å²) < 4.78 is 5.49. The number of hydrogen-bond donors (Lipinski definition) is 1. The zero-order valence-electron chi connectivity index (χ0n) is 17.9. The molecule has 0 radical (unpaired) electrons. The van der Waals surface area contributed by atoms with Crippen LogP contribution < -0.4 is 10.2 Å². The second-order valence-electron chi connectivity index (χ2n) is 9.07. The number of carbonyl (C=O) groups excluding carboxylic acids is 2. The third-order valence-electron chi connectivity index (χ3n) is 5.41. The number of carbonyl (C=O) groups is 2. The molecule has 1 N–H and O–H groups in total. The monoisotopic (exact) mass is 402 g/mol. The molecule has 3 rings (SSSR count). The molecule has 29 heavy (non-hydrogen) atoms. The van der Waals surface area contributed by atoms with E-state index in [1.54, 1.807) is 11.1 Å². The lowest BCUT2D eigenvalue weighted by Crippen LogP contribution is -2.45. The van der Waals surface area contributed by atoms with E-state index in [1.807, 2.05) is 32.9 Å². The summed E-state index contributed by atoms with van der Waals surface area (Å²) in [4.78, 5) is 33.7. The molecule has 0 aliphatic carbocycles. The molecule has 0 bridgehead atoms. The number of likely N-dealkylation sites (tertiary alicyclic amines) is 1. The number of pyridine rings is 1. The molecule has 3 heterocycles. The van der Waals surface area contributed by atoms with Crippen LogP contribution in [0.1, 0.15) is 63.2 Å². The number of rotatable bonds is 4. The molecule has 1 aromatic rings. The van der Waals surface area contributed by atoms with Gasteiger partial charge in [0.25, 0.3) is 5.91 Å². The highest BCUT2D eigenvalue weighted by molar-refractivity contribution is 5.98. The van der Waals surface area contributed by atoms with Crippen LogP contribution in [-0.2, 0) is 4.74 Å². The molecular formula is C22H34N4O3. The molecule has 7 nitrogen and oxygen atoms in total. The van der Waals surface area contributed by atoms with Gasteiger partial charge in [-0.1, -0.05) is 0 Å². The number of nitrogens with one attached hydrogen (secondary N) is 1. The number of anilines is 1. The molecule has 2 fully saturated rings. The predicted octanol–water partition coefficient (Wildman–Crippen LogP) is 3.45. The molecule has 7 heteroatoms. The Kier molecular flexibility index (Phi) is 6.98. The molecule has 160 valence electrons. The summed E-state index contributed by atoms with van der Waals surface area (Å²) in [5, 5.41) is 3.07. The van der Waals surface area contributed by atoms with E-state index in [1.165, 1.54) is 6.42 Å². The van der Waals surface area contributed by atoms with Gasteiger partial charge in [0.2, 0.25) is 0 Å². The van der Waals surface area contributed by atoms with Gasteiger partial charge in [-0.15, -0.1) is 0 Å². The topological polar surface area (TPSA) is 74.8 Å². The van der Waals surface area contributed by atoms with Crippen molar-refractivity contribution >= 4 is 17.8 Å². The van der Waals surface area contributed by atoms with Gasteiger partial charge in [-0.05, 0) is 70.9 Å². The summed E-state index contributed by atoms with van der Waals surface area (Å²) in [6.45, 7) is 9.39. The van der Waals surface area contributed by atoms with Gasteiger partial charge in [0.05, 0.1) is 5.56 Å². The van der Waals surface area contributed by atoms with Gasteiger partial charge in [-0.2, -0.15) is 0 Å². The molecule has 0 spiro atoms. The number of nitrogens with zero attached hydrogens (tertiary/aromatic N) is 3. The van der Waals surface area contributed by atoms with Crippen LogP contribution in [-0.4, -0.2) is 60.2 Å². The first-order valence-corrected chi connectivity index (χ1v) is 10.8. The average Bonchev–Trinajstić information content (AvgIpc) is 2.71. The Morgan fingerprint density at radius 3 is 2.66 bits per heavy atom. The first-order chi connectivity index (χ1) is 13.8. The van der Waals surface area contributed by atoms with Crippen LogP contribution in [0.15, 0.2) is 18.3 Å². The number of aromatic nitrogens is 1. The van der Waals surface area contributed by atoms with Crippen LogP contribution in [0.2, 0.25) is 0 Å². The van der Waals surface area contributed by atoms with Crippen molar-refractivity contribution in [1.29, 1.82) is 0 Å². The summed E-state index contributed by atoms with van der Waals surface area (Å²) in [6.07, 6.45) is 6.91. The normalized spacial score (nSPS) is 20.3. The van der Waals surface area contributed by atoms with Crippen molar-refractivity contribution in [1.82, 2.24) is 15.2 Å². The number of ether oxygens (including phenoxy) is 1. The number of hydrogen-bond acceptors (Lipinski definition) is 5. The minimum absolute atomic E-state index is 0.0898. The Balaban J connectivity index is 1.56. The van der Waals surface area contributed by atoms with Crippen LogP contribution in [0.3, 0.4) is 0 Å². The Morgan fingerprint density at radius 2 is 1.93 bits per heavy atom. The highest BCUT2D eigenvalue weighted by Crippen LogP contribution is 2.22. The molecular weight excluding hydrogens is 368 g/mol. The Morgan fingerprint density at radius 1 is 1.17 bits per heavy atom. The zero-order valence-corrected chi connectivity index (χ0v) is 17.9. The largest absolute Gasteiger partial charge is 0.444 e. The summed E-state index contributed by atoms with van der Waals surface area (Å²) in [5.74, 6) is 0.923. The van der Waals surface area contributed by atoms with Crippen LogP contribution in [0, 0.1) is 5.92 Å². The fourth-order valence-corrected chi connectivity index (χ4v) is 3.99. The van der Waals surface area contributed by atoms with Crippen LogP contribution in [0.4, 0.5) is 10.6 Å². The molecule has 0 saturated carbocycles. The predicted molar refractivity (Wildman–Crippen MR) is 113 cm³/mol. The second-order valence-corrected chi connectivity index (χ2v) is 9.07. The number of piperidine rings is 2. The molecule has 2 aliphatic heterocycles. The van der Waals surface area contributed by atoms with Crippen molar-refractivity contribution in [2.24, 2.45) is 5.92 Å². The maximum atomic E-state index is 12.9. The average molecular weight is 403 g/mol. The van der Waals surface area contributed by atoms with Crippen LogP contribution in [0.5, 0.6) is 0 Å². The second kappa shape index (κ2) is 9.46. The Hall–Kier alpha value is -2.31. The minimum Gasteiger partial charge on any atom is -0.444 e. The Labute approximate surface area is 173 Å². The van der Waals surface area contributed by atoms with Crippen molar-refractivity contribution in [2.45, 2.75) is 58.5 Å². The molecule has 2 saturated heterocycles. The maximum Gasteiger partial charge on any atom is 0.410 e. The van der Waals surface area contributed by atoms with E-state index in [0.29, 0.717) is 25.2 Å². The lowest BCUT2D eigenvalue weighted by atomic mass is 9.98. The molecule has 0 aromatic carbocycles. The van der Waals surface area contributed by atoms with Gasteiger partial charge in [-0.25, -0.2) is 9.78 Å². The first kappa shape index (κ1) is 21.4. The van der Waals surface area contributed by atoms with Crippen molar-refractivity contribution in [3.63, 3.8) is 0 Å². The summed E-state index contributed by atoms with van der Waals surface area (Å²) >= 11 is 0.